The van der Waals surface area contributed by atoms with E-state index in [-0.39, 0.29) is 63.2 Å². The third-order valence-electron chi connectivity index (χ3n) is 3.61. The third-order valence-corrected chi connectivity index (χ3v) is 4.47. The van der Waals surface area contributed by atoms with E-state index in [1.165, 1.54) is 25.3 Å². The van der Waals surface area contributed by atoms with Gasteiger partial charge in [-0.05, 0) is 17.7 Å². The Morgan fingerprint density at radius 1 is 1.12 bits per heavy atom. The monoisotopic (exact) mass is 386 g/mol. The van der Waals surface area contributed by atoms with Gasteiger partial charge in [-0.2, -0.15) is 0 Å². The molecule has 0 aliphatic heterocycles. The molecule has 3 aromatic rings. The fourth-order valence-electron chi connectivity index (χ4n) is 2.41. The van der Waals surface area contributed by atoms with Crippen LogP contribution in [-0.2, 0) is 10.1 Å². The second-order valence-corrected chi connectivity index (χ2v) is 6.48. The smallest absolute Gasteiger partial charge is 0.744 e. The maximum atomic E-state index is 12.6. The van der Waals surface area contributed by atoms with Crippen LogP contribution in [0, 0.1) is 0 Å². The number of hydrogen-bond acceptors (Lipinski definition) is 8. The zero-order valence-corrected chi connectivity index (χ0v) is 16.5. The summed E-state index contributed by atoms with van der Waals surface area (Å²) in [6, 6.07) is 5.74. The largest absolute Gasteiger partial charge is 1.00 e. The van der Waals surface area contributed by atoms with Crippen molar-refractivity contribution in [1.82, 2.24) is 0 Å². The van der Waals surface area contributed by atoms with Crippen molar-refractivity contribution in [3.63, 3.8) is 0 Å². The summed E-state index contributed by atoms with van der Waals surface area (Å²) >= 11 is 0. The van der Waals surface area contributed by atoms with E-state index < -0.39 is 26.2 Å². The van der Waals surface area contributed by atoms with E-state index in [0.29, 0.717) is 0 Å². The Hall–Kier alpha value is -2.04. The van der Waals surface area contributed by atoms with Gasteiger partial charge in [0, 0.05) is 12.1 Å². The number of ether oxygens (including phenoxy) is 1. The van der Waals surface area contributed by atoms with E-state index >= 15 is 0 Å². The van der Waals surface area contributed by atoms with Crippen molar-refractivity contribution in [2.24, 2.45) is 0 Å². The molecule has 0 bridgehead atoms. The zero-order valence-electron chi connectivity index (χ0n) is 13.7. The topological polar surface area (TPSA) is 137 Å². The van der Waals surface area contributed by atoms with Gasteiger partial charge in [-0.15, -0.1) is 0 Å². The Balaban J connectivity index is 0.00000243. The summed E-state index contributed by atoms with van der Waals surface area (Å²) in [5.41, 5.74) is -0.613. The molecule has 3 rings (SSSR count). The number of phenols is 2. The van der Waals surface area contributed by atoms with Crippen LogP contribution >= 0.6 is 0 Å². The molecular formula is C16H11NaO8S. The van der Waals surface area contributed by atoms with Crippen molar-refractivity contribution in [3.8, 4) is 28.4 Å². The third kappa shape index (κ3) is 3.57. The number of rotatable bonds is 3. The minimum atomic E-state index is -4.94. The Kier molecular flexibility index (Phi) is 5.69. The molecule has 1 aromatic heterocycles. The van der Waals surface area contributed by atoms with Crippen LogP contribution in [0.2, 0.25) is 0 Å². The first kappa shape index (κ1) is 20.3. The summed E-state index contributed by atoms with van der Waals surface area (Å²) in [6.45, 7) is 0. The van der Waals surface area contributed by atoms with Crippen LogP contribution in [-0.4, -0.2) is 30.3 Å². The zero-order chi connectivity index (χ0) is 18.4. The Labute approximate surface area is 169 Å². The van der Waals surface area contributed by atoms with Crippen LogP contribution in [0.25, 0.3) is 22.1 Å². The van der Waals surface area contributed by atoms with Gasteiger partial charge in [0.25, 0.3) is 0 Å². The molecule has 0 radical (unpaired) electrons. The SMILES string of the molecule is COc1cc(O)c2c(=O)c(-c3ccc(O)c(S(=O)(=O)[O-])c3)coc2c1.[Na+]. The molecular weight excluding hydrogens is 375 g/mol. The molecule has 130 valence electrons. The fourth-order valence-corrected chi connectivity index (χ4v) is 3.00. The number of phenolic OH excluding ortho intramolecular Hbond substituents is 2. The molecule has 0 saturated carbocycles. The van der Waals surface area contributed by atoms with Gasteiger partial charge in [0.15, 0.2) is 0 Å². The summed E-state index contributed by atoms with van der Waals surface area (Å²) in [7, 11) is -3.55. The molecule has 26 heavy (non-hydrogen) atoms. The van der Waals surface area contributed by atoms with Crippen molar-refractivity contribution < 1.29 is 61.9 Å². The number of methoxy groups -OCH3 is 1. The summed E-state index contributed by atoms with van der Waals surface area (Å²) in [5.74, 6) is -0.817. The predicted molar refractivity (Wildman–Crippen MR) is 85.8 cm³/mol. The van der Waals surface area contributed by atoms with Gasteiger partial charge in [-0.25, -0.2) is 8.42 Å². The Morgan fingerprint density at radius 3 is 2.42 bits per heavy atom. The van der Waals surface area contributed by atoms with Crippen molar-refractivity contribution in [2.45, 2.75) is 4.90 Å². The summed E-state index contributed by atoms with van der Waals surface area (Å²) in [5, 5.41) is 19.4. The normalized spacial score (nSPS) is 11.2. The summed E-state index contributed by atoms with van der Waals surface area (Å²) in [4.78, 5) is 11.8. The van der Waals surface area contributed by atoms with E-state index in [0.717, 1.165) is 18.4 Å². The van der Waals surface area contributed by atoms with E-state index in [4.69, 9.17) is 9.15 Å². The van der Waals surface area contributed by atoms with Crippen LogP contribution in [0.5, 0.6) is 17.2 Å². The first-order valence-electron chi connectivity index (χ1n) is 6.84. The number of hydrogen-bond donors (Lipinski definition) is 2. The molecule has 2 N–H and O–H groups in total. The van der Waals surface area contributed by atoms with Gasteiger partial charge >= 0.3 is 29.6 Å². The van der Waals surface area contributed by atoms with Gasteiger partial charge < -0.3 is 23.9 Å². The van der Waals surface area contributed by atoms with Crippen molar-refractivity contribution in [2.75, 3.05) is 7.11 Å². The summed E-state index contributed by atoms with van der Waals surface area (Å²) < 4.78 is 43.9. The van der Waals surface area contributed by atoms with Gasteiger partial charge in [-0.3, -0.25) is 4.79 Å². The molecule has 0 aliphatic rings. The standard InChI is InChI=1S/C16H12O8S.Na/c1-23-9-5-12(18)15-13(6-9)24-7-10(16(15)19)8-2-3-11(17)14(4-8)25(20,21)22;/h2-7,17-18H,1H3,(H,20,21,22);/q;+1/p-1. The molecule has 0 amide bonds. The molecule has 0 atom stereocenters. The van der Waals surface area contributed by atoms with Crippen molar-refractivity contribution in [3.05, 3.63) is 46.8 Å². The molecule has 0 aliphatic carbocycles. The quantitative estimate of drug-likeness (QED) is 0.423. The van der Waals surface area contributed by atoms with Crippen LogP contribution < -0.4 is 39.7 Å². The predicted octanol–water partition coefficient (Wildman–Crippen LogP) is -1.21. The van der Waals surface area contributed by atoms with Crippen LogP contribution in [0.3, 0.4) is 0 Å². The molecule has 8 nitrogen and oxygen atoms in total. The molecule has 0 unspecified atom stereocenters. The van der Waals surface area contributed by atoms with Crippen LogP contribution in [0.1, 0.15) is 0 Å². The number of benzene rings is 2. The summed E-state index contributed by atoms with van der Waals surface area (Å²) in [6.07, 6.45) is 1.07. The Bertz CT molecular complexity index is 1150. The number of fused-ring (bicyclic) bond motifs is 1. The van der Waals surface area contributed by atoms with Crippen LogP contribution in [0.4, 0.5) is 0 Å². The first-order chi connectivity index (χ1) is 11.7. The first-order valence-corrected chi connectivity index (χ1v) is 8.25. The maximum Gasteiger partial charge on any atom is 1.00 e. The van der Waals surface area contributed by atoms with Crippen LogP contribution in [0.15, 0.2) is 50.7 Å². The van der Waals surface area contributed by atoms with E-state index in [2.05, 4.69) is 0 Å². The Morgan fingerprint density at radius 2 is 1.81 bits per heavy atom. The molecule has 0 fully saturated rings. The van der Waals surface area contributed by atoms with Gasteiger partial charge in [0.2, 0.25) is 5.43 Å². The van der Waals surface area contributed by atoms with E-state index in [9.17, 15) is 28.0 Å². The van der Waals surface area contributed by atoms with Gasteiger partial charge in [0.1, 0.15) is 44.6 Å². The van der Waals surface area contributed by atoms with Gasteiger partial charge in [-0.1, -0.05) is 6.07 Å². The minimum Gasteiger partial charge on any atom is -0.744 e. The molecule has 0 spiro atoms. The van der Waals surface area contributed by atoms with Crippen molar-refractivity contribution in [1.29, 1.82) is 0 Å². The van der Waals surface area contributed by atoms with Crippen molar-refractivity contribution >= 4 is 21.1 Å². The second kappa shape index (κ2) is 7.29. The molecule has 2 aromatic carbocycles. The fraction of sp³-hybridized carbons (Fsp3) is 0.0625. The van der Waals surface area contributed by atoms with E-state index in [1.807, 2.05) is 0 Å². The van der Waals surface area contributed by atoms with Gasteiger partial charge in [0.05, 0.1) is 17.6 Å². The molecule has 1 heterocycles. The number of aromatic hydroxyl groups is 2. The molecule has 10 heteroatoms. The molecule has 0 saturated heterocycles. The maximum absolute atomic E-state index is 12.6. The minimum absolute atomic E-state index is 0. The average molecular weight is 386 g/mol. The average Bonchev–Trinajstić information content (AvgIpc) is 2.54. The second-order valence-electron chi connectivity index (χ2n) is 5.13. The van der Waals surface area contributed by atoms with E-state index in [1.54, 1.807) is 0 Å².